The van der Waals surface area contributed by atoms with Crippen molar-refractivity contribution in [2.24, 2.45) is 5.11 Å². The topological polar surface area (TPSA) is 95.3 Å². The first-order valence-corrected chi connectivity index (χ1v) is 4.23. The van der Waals surface area contributed by atoms with Crippen molar-refractivity contribution in [3.63, 3.8) is 0 Å². The fraction of sp³-hybridized carbons (Fsp3) is 0.875. The highest BCUT2D eigenvalue weighted by atomic mass is 16.5. The number of carboxylic acid groups (broad SMARTS) is 1. The van der Waals surface area contributed by atoms with E-state index >= 15 is 0 Å². The van der Waals surface area contributed by atoms with Crippen LogP contribution in [-0.2, 0) is 9.53 Å². The van der Waals surface area contributed by atoms with Gasteiger partial charge in [-0.2, -0.15) is 0 Å². The summed E-state index contributed by atoms with van der Waals surface area (Å²) in [5.41, 5.74) is 7.71. The number of nitrogens with zero attached hydrogens (tertiary/aromatic N) is 3. The summed E-state index contributed by atoms with van der Waals surface area (Å²) in [4.78, 5) is 13.1. The van der Waals surface area contributed by atoms with Gasteiger partial charge in [-0.3, -0.25) is 4.79 Å². The summed E-state index contributed by atoms with van der Waals surface area (Å²) in [5.74, 6) is -1.18. The van der Waals surface area contributed by atoms with E-state index in [4.69, 9.17) is 15.4 Å². The number of carboxylic acids is 1. The van der Waals surface area contributed by atoms with E-state index in [0.29, 0.717) is 0 Å². The van der Waals surface area contributed by atoms with Crippen molar-refractivity contribution in [3.05, 3.63) is 10.4 Å². The van der Waals surface area contributed by atoms with Gasteiger partial charge in [0.1, 0.15) is 0 Å². The van der Waals surface area contributed by atoms with Gasteiger partial charge in [0, 0.05) is 4.91 Å². The summed E-state index contributed by atoms with van der Waals surface area (Å²) in [6.45, 7) is 6.98. The van der Waals surface area contributed by atoms with E-state index in [1.807, 2.05) is 0 Å². The molecule has 0 rings (SSSR count). The van der Waals surface area contributed by atoms with Crippen molar-refractivity contribution in [2.45, 2.75) is 45.4 Å². The van der Waals surface area contributed by atoms with E-state index < -0.39 is 23.7 Å². The number of azide groups is 1. The molecule has 0 radical (unpaired) electrons. The minimum absolute atomic E-state index is 0.460. The lowest BCUT2D eigenvalue weighted by Gasteiger charge is -2.26. The van der Waals surface area contributed by atoms with Crippen LogP contribution < -0.4 is 0 Å². The highest BCUT2D eigenvalue weighted by molar-refractivity contribution is 5.74. The largest absolute Gasteiger partial charge is 0.481 e. The molecule has 0 heterocycles. The predicted molar refractivity (Wildman–Crippen MR) is 50.9 cm³/mol. The fourth-order valence-corrected chi connectivity index (χ4v) is 1.02. The van der Waals surface area contributed by atoms with E-state index in [1.165, 1.54) is 0 Å². The Bertz CT molecular complexity index is 251. The molecule has 0 aliphatic carbocycles. The standard InChI is InChI=1S/C8H15N3O3/c1-5(14-8(2,3)4)6(7(12)13)10-11-9/h5-6H,1-4H3,(H,12,13)/t5?,6-/m0/s1. The molecular formula is C8H15N3O3. The third kappa shape index (κ3) is 4.69. The van der Waals surface area contributed by atoms with E-state index in [-0.39, 0.29) is 0 Å². The Morgan fingerprint density at radius 1 is 1.57 bits per heavy atom. The maximum absolute atomic E-state index is 10.7. The van der Waals surface area contributed by atoms with Gasteiger partial charge in [0.05, 0.1) is 11.7 Å². The SMILES string of the molecule is CC(OC(C)(C)C)[C@H](N=[N+]=[N-])C(=O)O. The monoisotopic (exact) mass is 201 g/mol. The van der Waals surface area contributed by atoms with Crippen LogP contribution in [0.3, 0.4) is 0 Å². The van der Waals surface area contributed by atoms with Crippen LogP contribution in [0.4, 0.5) is 0 Å². The molecule has 0 saturated carbocycles. The molecule has 6 heteroatoms. The molecule has 1 unspecified atom stereocenters. The Hall–Kier alpha value is -1.26. The molecule has 0 amide bonds. The summed E-state index contributed by atoms with van der Waals surface area (Å²) in [7, 11) is 0. The van der Waals surface area contributed by atoms with Crippen LogP contribution in [0.2, 0.25) is 0 Å². The van der Waals surface area contributed by atoms with Gasteiger partial charge < -0.3 is 9.84 Å². The molecule has 1 N–H and O–H groups in total. The molecule has 14 heavy (non-hydrogen) atoms. The maximum Gasteiger partial charge on any atom is 0.315 e. The number of carbonyl (C=O) groups is 1. The molecular weight excluding hydrogens is 186 g/mol. The number of rotatable bonds is 4. The average Bonchev–Trinajstić information content (AvgIpc) is 1.95. The molecule has 6 nitrogen and oxygen atoms in total. The van der Waals surface area contributed by atoms with Crippen LogP contribution in [0.5, 0.6) is 0 Å². The summed E-state index contributed by atoms with van der Waals surface area (Å²) >= 11 is 0. The first kappa shape index (κ1) is 12.7. The quantitative estimate of drug-likeness (QED) is 0.427. The second-order valence-corrected chi connectivity index (χ2v) is 3.92. The number of aliphatic carboxylic acids is 1. The molecule has 0 aromatic carbocycles. The molecule has 0 fully saturated rings. The van der Waals surface area contributed by atoms with Gasteiger partial charge in [-0.15, -0.1) is 0 Å². The van der Waals surface area contributed by atoms with Crippen molar-refractivity contribution in [1.82, 2.24) is 0 Å². The average molecular weight is 201 g/mol. The molecule has 0 aromatic rings. The maximum atomic E-state index is 10.7. The first-order chi connectivity index (χ1) is 6.28. The van der Waals surface area contributed by atoms with E-state index in [1.54, 1.807) is 27.7 Å². The van der Waals surface area contributed by atoms with Crippen LogP contribution in [-0.4, -0.2) is 28.8 Å². The summed E-state index contributed by atoms with van der Waals surface area (Å²) in [6.07, 6.45) is -0.650. The van der Waals surface area contributed by atoms with Crippen molar-refractivity contribution in [3.8, 4) is 0 Å². The van der Waals surface area contributed by atoms with Gasteiger partial charge >= 0.3 is 5.97 Å². The number of hydrogen-bond donors (Lipinski definition) is 1. The van der Waals surface area contributed by atoms with Gasteiger partial charge in [0.2, 0.25) is 0 Å². The zero-order valence-electron chi connectivity index (χ0n) is 8.76. The molecule has 0 saturated heterocycles. The lowest BCUT2D eigenvalue weighted by atomic mass is 10.1. The first-order valence-electron chi connectivity index (χ1n) is 4.23. The Kier molecular flexibility index (Phi) is 4.40. The molecule has 0 aromatic heterocycles. The second kappa shape index (κ2) is 4.83. The predicted octanol–water partition coefficient (Wildman–Crippen LogP) is 1.95. The zero-order chi connectivity index (χ0) is 11.4. The lowest BCUT2D eigenvalue weighted by molar-refractivity contribution is -0.145. The van der Waals surface area contributed by atoms with Gasteiger partial charge in [0.25, 0.3) is 0 Å². The van der Waals surface area contributed by atoms with Crippen molar-refractivity contribution in [1.29, 1.82) is 0 Å². The number of ether oxygens (including phenoxy) is 1. The lowest BCUT2D eigenvalue weighted by Crippen LogP contribution is -2.37. The van der Waals surface area contributed by atoms with Gasteiger partial charge in [0.15, 0.2) is 6.04 Å². The fourth-order valence-electron chi connectivity index (χ4n) is 1.02. The minimum Gasteiger partial charge on any atom is -0.481 e. The third-order valence-electron chi connectivity index (χ3n) is 1.41. The Balaban J connectivity index is 4.53. The highest BCUT2D eigenvalue weighted by Crippen LogP contribution is 2.14. The zero-order valence-corrected chi connectivity index (χ0v) is 8.76. The van der Waals surface area contributed by atoms with Gasteiger partial charge in [-0.05, 0) is 33.2 Å². The van der Waals surface area contributed by atoms with Crippen LogP contribution in [0.25, 0.3) is 10.4 Å². The molecule has 0 bridgehead atoms. The summed E-state index contributed by atoms with van der Waals surface area (Å²) in [5, 5.41) is 11.9. The molecule has 0 aliphatic heterocycles. The van der Waals surface area contributed by atoms with Crippen molar-refractivity contribution < 1.29 is 14.6 Å². The third-order valence-corrected chi connectivity index (χ3v) is 1.41. The minimum atomic E-state index is -1.18. The summed E-state index contributed by atoms with van der Waals surface area (Å²) < 4.78 is 5.37. The molecule has 2 atom stereocenters. The molecule has 80 valence electrons. The Morgan fingerprint density at radius 3 is 2.36 bits per heavy atom. The van der Waals surface area contributed by atoms with E-state index in [9.17, 15) is 4.79 Å². The van der Waals surface area contributed by atoms with Crippen LogP contribution in [0.15, 0.2) is 5.11 Å². The van der Waals surface area contributed by atoms with Crippen LogP contribution in [0, 0.1) is 0 Å². The second-order valence-electron chi connectivity index (χ2n) is 3.92. The molecule has 0 spiro atoms. The smallest absolute Gasteiger partial charge is 0.315 e. The van der Waals surface area contributed by atoms with E-state index in [0.717, 1.165) is 0 Å². The Labute approximate surface area is 82.5 Å². The van der Waals surface area contributed by atoms with Crippen LogP contribution in [0.1, 0.15) is 27.7 Å². The normalized spacial score (nSPS) is 15.4. The van der Waals surface area contributed by atoms with Crippen molar-refractivity contribution >= 4 is 5.97 Å². The van der Waals surface area contributed by atoms with Crippen LogP contribution >= 0.6 is 0 Å². The Morgan fingerprint density at radius 2 is 2.07 bits per heavy atom. The molecule has 0 aliphatic rings. The summed E-state index contributed by atoms with van der Waals surface area (Å²) in [6, 6.07) is -1.18. The van der Waals surface area contributed by atoms with Gasteiger partial charge in [-0.25, -0.2) is 0 Å². The number of hydrogen-bond acceptors (Lipinski definition) is 3. The highest BCUT2D eigenvalue weighted by Gasteiger charge is 2.27. The van der Waals surface area contributed by atoms with Gasteiger partial charge in [-0.1, -0.05) is 5.11 Å². The van der Waals surface area contributed by atoms with Crippen molar-refractivity contribution in [2.75, 3.05) is 0 Å². The van der Waals surface area contributed by atoms with E-state index in [2.05, 4.69) is 10.0 Å².